The predicted octanol–water partition coefficient (Wildman–Crippen LogP) is 1.88. The van der Waals surface area contributed by atoms with Crippen molar-refractivity contribution in [1.82, 2.24) is 10.2 Å². The SMILES string of the molecule is CCN(CC)C(=O)[C@H]1C(=O)N[C@]2(C)C[C@@H]1c1ccccc1O2. The van der Waals surface area contributed by atoms with E-state index in [1.807, 2.05) is 45.0 Å². The van der Waals surface area contributed by atoms with Crippen molar-refractivity contribution in [2.24, 2.45) is 5.92 Å². The minimum absolute atomic E-state index is 0.0914. The fourth-order valence-electron chi connectivity index (χ4n) is 3.61. The van der Waals surface area contributed by atoms with Crippen molar-refractivity contribution in [3.63, 3.8) is 0 Å². The van der Waals surface area contributed by atoms with E-state index in [0.717, 1.165) is 11.3 Å². The molecule has 22 heavy (non-hydrogen) atoms. The normalized spacial score (nSPS) is 29.1. The molecule has 5 nitrogen and oxygen atoms in total. The molecule has 2 amide bonds. The van der Waals surface area contributed by atoms with Crippen molar-refractivity contribution in [3.8, 4) is 5.75 Å². The monoisotopic (exact) mass is 302 g/mol. The number of benzene rings is 1. The molecule has 1 fully saturated rings. The standard InChI is InChI=1S/C17H22N2O3/c1-4-19(5-2)16(21)14-12-10-17(3,18-15(14)20)22-13-9-7-6-8-11(12)13/h6-9,12,14H,4-5,10H2,1-3H3,(H,18,20)/t12-,14-,17+/m1/s1. The van der Waals surface area contributed by atoms with Crippen molar-refractivity contribution >= 4 is 11.8 Å². The molecule has 1 N–H and O–H groups in total. The molecule has 5 heteroatoms. The van der Waals surface area contributed by atoms with Gasteiger partial charge in [0, 0.05) is 25.4 Å². The van der Waals surface area contributed by atoms with Crippen LogP contribution in [0.3, 0.4) is 0 Å². The number of carbonyl (C=O) groups excluding carboxylic acids is 2. The molecular formula is C17H22N2O3. The third-order valence-corrected chi connectivity index (χ3v) is 4.68. The first-order valence-electron chi connectivity index (χ1n) is 7.88. The second-order valence-corrected chi connectivity index (χ2v) is 6.16. The molecule has 0 aliphatic carbocycles. The minimum atomic E-state index is -0.726. The Hall–Kier alpha value is -2.04. The van der Waals surface area contributed by atoms with Gasteiger partial charge in [-0.3, -0.25) is 9.59 Å². The van der Waals surface area contributed by atoms with Crippen molar-refractivity contribution in [2.45, 2.75) is 38.8 Å². The summed E-state index contributed by atoms with van der Waals surface area (Å²) in [6, 6.07) is 7.69. The number of piperidine rings is 1. The van der Waals surface area contributed by atoms with Crippen LogP contribution in [-0.4, -0.2) is 35.5 Å². The Morgan fingerprint density at radius 3 is 2.73 bits per heavy atom. The molecule has 2 aliphatic heterocycles. The first-order valence-corrected chi connectivity index (χ1v) is 7.88. The first-order chi connectivity index (χ1) is 10.5. The third kappa shape index (κ3) is 2.25. The molecule has 0 radical (unpaired) electrons. The molecule has 3 atom stereocenters. The van der Waals surface area contributed by atoms with Gasteiger partial charge in [-0.05, 0) is 32.4 Å². The van der Waals surface area contributed by atoms with Crippen LogP contribution < -0.4 is 10.1 Å². The molecule has 1 saturated heterocycles. The molecule has 0 aromatic heterocycles. The summed E-state index contributed by atoms with van der Waals surface area (Å²) in [6.07, 6.45) is 0.618. The van der Waals surface area contributed by atoms with Crippen molar-refractivity contribution in [3.05, 3.63) is 29.8 Å². The smallest absolute Gasteiger partial charge is 0.236 e. The van der Waals surface area contributed by atoms with Gasteiger partial charge in [0.25, 0.3) is 0 Å². The van der Waals surface area contributed by atoms with E-state index in [4.69, 9.17) is 4.74 Å². The Morgan fingerprint density at radius 1 is 1.36 bits per heavy atom. The van der Waals surface area contributed by atoms with Gasteiger partial charge in [0.05, 0.1) is 0 Å². The highest BCUT2D eigenvalue weighted by molar-refractivity contribution is 6.02. The molecule has 1 aromatic carbocycles. The number of carbonyl (C=O) groups is 2. The zero-order valence-electron chi connectivity index (χ0n) is 13.3. The van der Waals surface area contributed by atoms with Crippen LogP contribution in [0.2, 0.25) is 0 Å². The third-order valence-electron chi connectivity index (χ3n) is 4.68. The highest BCUT2D eigenvalue weighted by Crippen LogP contribution is 2.46. The van der Waals surface area contributed by atoms with Gasteiger partial charge < -0.3 is 15.0 Å². The van der Waals surface area contributed by atoms with Crippen LogP contribution in [0.4, 0.5) is 0 Å². The zero-order valence-corrected chi connectivity index (χ0v) is 13.3. The lowest BCUT2D eigenvalue weighted by Gasteiger charge is -2.47. The lowest BCUT2D eigenvalue weighted by molar-refractivity contribution is -0.152. The summed E-state index contributed by atoms with van der Waals surface area (Å²) in [5, 5.41) is 2.89. The van der Waals surface area contributed by atoms with E-state index >= 15 is 0 Å². The van der Waals surface area contributed by atoms with Gasteiger partial charge in [0.15, 0.2) is 5.72 Å². The van der Waals surface area contributed by atoms with Crippen LogP contribution in [0.15, 0.2) is 24.3 Å². The molecule has 0 saturated carbocycles. The number of nitrogens with zero attached hydrogens (tertiary/aromatic N) is 1. The van der Waals surface area contributed by atoms with E-state index in [0.29, 0.717) is 19.5 Å². The molecule has 0 spiro atoms. The number of hydrogen-bond acceptors (Lipinski definition) is 3. The second kappa shape index (κ2) is 5.30. The van der Waals surface area contributed by atoms with Crippen molar-refractivity contribution in [2.75, 3.05) is 13.1 Å². The average molecular weight is 302 g/mol. The second-order valence-electron chi connectivity index (χ2n) is 6.16. The van der Waals surface area contributed by atoms with E-state index in [-0.39, 0.29) is 17.7 Å². The molecule has 2 heterocycles. The van der Waals surface area contributed by atoms with Gasteiger partial charge in [-0.25, -0.2) is 0 Å². The maximum absolute atomic E-state index is 12.8. The molecule has 2 aliphatic rings. The average Bonchev–Trinajstić information content (AvgIpc) is 2.47. The Labute approximate surface area is 130 Å². The zero-order chi connectivity index (χ0) is 15.9. The summed E-state index contributed by atoms with van der Waals surface area (Å²) in [4.78, 5) is 27.1. The topological polar surface area (TPSA) is 58.6 Å². The van der Waals surface area contributed by atoms with Gasteiger partial charge in [-0.1, -0.05) is 18.2 Å². The summed E-state index contributed by atoms with van der Waals surface area (Å²) in [6.45, 7) is 6.96. The summed E-state index contributed by atoms with van der Waals surface area (Å²) in [5.74, 6) is -0.357. The van der Waals surface area contributed by atoms with Crippen LogP contribution in [0.1, 0.15) is 38.7 Å². The number of para-hydroxylation sites is 1. The fraction of sp³-hybridized carbons (Fsp3) is 0.529. The quantitative estimate of drug-likeness (QED) is 0.867. The number of rotatable bonds is 3. The Kier molecular flexibility index (Phi) is 3.59. The molecule has 0 unspecified atom stereocenters. The molecule has 118 valence electrons. The number of fused-ring (bicyclic) bond motifs is 4. The van der Waals surface area contributed by atoms with E-state index in [1.165, 1.54) is 0 Å². The summed E-state index contributed by atoms with van der Waals surface area (Å²) >= 11 is 0. The predicted molar refractivity (Wildman–Crippen MR) is 82.4 cm³/mol. The molecule has 3 rings (SSSR count). The number of nitrogens with one attached hydrogen (secondary N) is 1. The van der Waals surface area contributed by atoms with Crippen LogP contribution >= 0.6 is 0 Å². The minimum Gasteiger partial charge on any atom is -0.468 e. The van der Waals surface area contributed by atoms with E-state index in [9.17, 15) is 9.59 Å². The van der Waals surface area contributed by atoms with Crippen molar-refractivity contribution in [1.29, 1.82) is 0 Å². The van der Waals surface area contributed by atoms with E-state index in [1.54, 1.807) is 4.90 Å². The van der Waals surface area contributed by atoms with Gasteiger partial charge in [0.1, 0.15) is 11.7 Å². The first kappa shape index (κ1) is 14.9. The van der Waals surface area contributed by atoms with Gasteiger partial charge >= 0.3 is 0 Å². The molecular weight excluding hydrogens is 280 g/mol. The van der Waals surface area contributed by atoms with E-state index < -0.39 is 11.6 Å². The Morgan fingerprint density at radius 2 is 2.05 bits per heavy atom. The van der Waals surface area contributed by atoms with Crippen LogP contribution in [-0.2, 0) is 9.59 Å². The Balaban J connectivity index is 2.03. The maximum atomic E-state index is 12.8. The number of amides is 2. The Bertz CT molecular complexity index is 612. The highest BCUT2D eigenvalue weighted by Gasteiger charge is 2.52. The lowest BCUT2D eigenvalue weighted by Crippen LogP contribution is -2.63. The van der Waals surface area contributed by atoms with Gasteiger partial charge in [-0.15, -0.1) is 0 Å². The summed E-state index contributed by atoms with van der Waals surface area (Å²) in [5.41, 5.74) is 0.233. The van der Waals surface area contributed by atoms with Gasteiger partial charge in [0.2, 0.25) is 11.8 Å². The fourth-order valence-corrected chi connectivity index (χ4v) is 3.61. The summed E-state index contributed by atoms with van der Waals surface area (Å²) < 4.78 is 5.95. The van der Waals surface area contributed by atoms with Crippen molar-refractivity contribution < 1.29 is 14.3 Å². The van der Waals surface area contributed by atoms with E-state index in [2.05, 4.69) is 5.32 Å². The molecule has 2 bridgehead atoms. The maximum Gasteiger partial charge on any atom is 0.236 e. The summed E-state index contributed by atoms with van der Waals surface area (Å²) in [7, 11) is 0. The van der Waals surface area contributed by atoms with Crippen LogP contribution in [0.5, 0.6) is 5.75 Å². The largest absolute Gasteiger partial charge is 0.468 e. The lowest BCUT2D eigenvalue weighted by atomic mass is 9.74. The number of ether oxygens (including phenoxy) is 1. The van der Waals surface area contributed by atoms with Crippen LogP contribution in [0.25, 0.3) is 0 Å². The molecule has 1 aromatic rings. The van der Waals surface area contributed by atoms with Gasteiger partial charge in [-0.2, -0.15) is 0 Å². The highest BCUT2D eigenvalue weighted by atomic mass is 16.5. The van der Waals surface area contributed by atoms with Crippen LogP contribution in [0, 0.1) is 5.92 Å². The number of hydrogen-bond donors (Lipinski definition) is 1.